The molecule has 2 heteroatoms. The molecule has 0 aliphatic heterocycles. The summed E-state index contributed by atoms with van der Waals surface area (Å²) in [5.41, 5.74) is 4.07. The predicted octanol–water partition coefficient (Wildman–Crippen LogP) is 5.43. The van der Waals surface area contributed by atoms with Crippen molar-refractivity contribution in [2.75, 3.05) is 0 Å². The van der Waals surface area contributed by atoms with E-state index in [1.54, 1.807) is 0 Å². The van der Waals surface area contributed by atoms with Crippen LogP contribution in [0.1, 0.15) is 43.0 Å². The van der Waals surface area contributed by atoms with Crippen LogP contribution in [-0.4, -0.2) is 6.04 Å². The average molecular weight is 346 g/mol. The molecule has 2 rings (SSSR count). The van der Waals surface area contributed by atoms with Crippen molar-refractivity contribution in [2.45, 2.75) is 45.7 Å². The highest BCUT2D eigenvalue weighted by Crippen LogP contribution is 2.19. The number of hydrogen-bond donors (Lipinski definition) is 1. The molecule has 0 radical (unpaired) electrons. The second kappa shape index (κ2) is 7.77. The van der Waals surface area contributed by atoms with E-state index in [9.17, 15) is 0 Å². The molecule has 0 aromatic heterocycles. The zero-order valence-corrected chi connectivity index (χ0v) is 14.7. The quantitative estimate of drug-likeness (QED) is 0.735. The van der Waals surface area contributed by atoms with Crippen molar-refractivity contribution in [1.29, 1.82) is 0 Å². The molecule has 1 N–H and O–H groups in total. The Morgan fingerprint density at radius 2 is 1.62 bits per heavy atom. The maximum Gasteiger partial charge on any atom is 0.0320 e. The van der Waals surface area contributed by atoms with Gasteiger partial charge < -0.3 is 5.32 Å². The minimum Gasteiger partial charge on any atom is -0.307 e. The Kier molecular flexibility index (Phi) is 6.01. The van der Waals surface area contributed by atoms with Gasteiger partial charge in [-0.15, -0.1) is 0 Å². The van der Waals surface area contributed by atoms with E-state index in [2.05, 4.69) is 90.5 Å². The van der Waals surface area contributed by atoms with Crippen LogP contribution in [0.15, 0.2) is 53.0 Å². The lowest BCUT2D eigenvalue weighted by Gasteiger charge is -2.23. The van der Waals surface area contributed by atoms with Crippen molar-refractivity contribution in [3.05, 3.63) is 69.7 Å². The number of aryl methyl sites for hydroxylation is 1. The first-order chi connectivity index (χ1) is 10.1. The summed E-state index contributed by atoms with van der Waals surface area (Å²) in [7, 11) is 0. The van der Waals surface area contributed by atoms with Crippen LogP contribution < -0.4 is 5.32 Å². The van der Waals surface area contributed by atoms with Crippen LogP contribution >= 0.6 is 15.9 Å². The third-order valence-electron chi connectivity index (χ3n) is 3.83. The summed E-state index contributed by atoms with van der Waals surface area (Å²) in [4.78, 5) is 0. The Morgan fingerprint density at radius 3 is 2.19 bits per heavy atom. The molecule has 0 amide bonds. The zero-order valence-electron chi connectivity index (χ0n) is 13.1. The van der Waals surface area contributed by atoms with Crippen molar-refractivity contribution in [2.24, 2.45) is 0 Å². The molecular formula is C19H24BrN. The van der Waals surface area contributed by atoms with Crippen LogP contribution in [0.5, 0.6) is 0 Å². The fourth-order valence-corrected chi connectivity index (χ4v) is 2.89. The second-order valence-corrected chi connectivity index (χ2v) is 6.69. The number of nitrogens with one attached hydrogen (secondary N) is 1. The van der Waals surface area contributed by atoms with Gasteiger partial charge in [0.2, 0.25) is 0 Å². The molecular weight excluding hydrogens is 322 g/mol. The zero-order chi connectivity index (χ0) is 15.2. The van der Waals surface area contributed by atoms with E-state index >= 15 is 0 Å². The third-order valence-corrected chi connectivity index (χ3v) is 4.36. The summed E-state index contributed by atoms with van der Waals surface area (Å²) in [5, 5.41) is 3.75. The van der Waals surface area contributed by atoms with E-state index in [-0.39, 0.29) is 0 Å². The van der Waals surface area contributed by atoms with Gasteiger partial charge in [-0.1, -0.05) is 64.8 Å². The summed E-state index contributed by atoms with van der Waals surface area (Å²) in [6.45, 7) is 6.64. The Balaban J connectivity index is 1.97. The molecule has 2 unspecified atom stereocenters. The molecule has 0 spiro atoms. The second-order valence-electron chi connectivity index (χ2n) is 5.77. The van der Waals surface area contributed by atoms with Crippen molar-refractivity contribution >= 4 is 15.9 Å². The van der Waals surface area contributed by atoms with Gasteiger partial charge in [0.25, 0.3) is 0 Å². The van der Waals surface area contributed by atoms with Crippen LogP contribution in [0.3, 0.4) is 0 Å². The summed E-state index contributed by atoms with van der Waals surface area (Å²) < 4.78 is 1.14. The van der Waals surface area contributed by atoms with Crippen LogP contribution in [0.2, 0.25) is 0 Å². The van der Waals surface area contributed by atoms with Crippen molar-refractivity contribution in [3.8, 4) is 0 Å². The van der Waals surface area contributed by atoms with E-state index in [1.807, 2.05) is 0 Å². The maximum atomic E-state index is 3.75. The fraction of sp³-hybridized carbons (Fsp3) is 0.368. The molecule has 0 saturated carbocycles. The van der Waals surface area contributed by atoms with Crippen LogP contribution in [-0.2, 0) is 6.42 Å². The van der Waals surface area contributed by atoms with E-state index in [4.69, 9.17) is 0 Å². The van der Waals surface area contributed by atoms with Crippen molar-refractivity contribution in [1.82, 2.24) is 5.32 Å². The van der Waals surface area contributed by atoms with Crippen molar-refractivity contribution in [3.63, 3.8) is 0 Å². The number of rotatable bonds is 6. The van der Waals surface area contributed by atoms with Gasteiger partial charge in [0.15, 0.2) is 0 Å². The summed E-state index contributed by atoms with van der Waals surface area (Å²) in [5.74, 6) is 0. The van der Waals surface area contributed by atoms with E-state index in [0.717, 1.165) is 17.3 Å². The molecule has 2 aromatic carbocycles. The molecule has 0 saturated heterocycles. The van der Waals surface area contributed by atoms with E-state index < -0.39 is 0 Å². The molecule has 2 atom stereocenters. The molecule has 2 aromatic rings. The Labute approximate surface area is 136 Å². The Hall–Kier alpha value is -1.12. The molecule has 1 nitrogen and oxygen atoms in total. The van der Waals surface area contributed by atoms with E-state index in [0.29, 0.717) is 12.1 Å². The number of hydrogen-bond acceptors (Lipinski definition) is 1. The normalized spacial score (nSPS) is 13.9. The van der Waals surface area contributed by atoms with Gasteiger partial charge in [-0.05, 0) is 49.9 Å². The van der Waals surface area contributed by atoms with Gasteiger partial charge >= 0.3 is 0 Å². The average Bonchev–Trinajstić information content (AvgIpc) is 2.48. The highest BCUT2D eigenvalue weighted by Gasteiger charge is 2.12. The highest BCUT2D eigenvalue weighted by molar-refractivity contribution is 9.10. The van der Waals surface area contributed by atoms with Crippen LogP contribution in [0, 0.1) is 6.92 Å². The highest BCUT2D eigenvalue weighted by atomic mass is 79.9. The molecule has 0 heterocycles. The summed E-state index contributed by atoms with van der Waals surface area (Å²) in [6.07, 6.45) is 2.16. The number of halogens is 1. The monoisotopic (exact) mass is 345 g/mol. The minimum absolute atomic E-state index is 0.427. The smallest absolute Gasteiger partial charge is 0.0320 e. The lowest BCUT2D eigenvalue weighted by Crippen LogP contribution is -2.31. The molecule has 0 fully saturated rings. The SMILES string of the molecule is CCC(NC(C)Cc1ccc(Br)cc1)c1ccc(C)cc1. The van der Waals surface area contributed by atoms with E-state index in [1.165, 1.54) is 16.7 Å². The minimum atomic E-state index is 0.427. The van der Waals surface area contributed by atoms with Gasteiger partial charge in [0, 0.05) is 16.6 Å². The maximum absolute atomic E-state index is 3.75. The molecule has 112 valence electrons. The van der Waals surface area contributed by atoms with Crippen molar-refractivity contribution < 1.29 is 0 Å². The van der Waals surface area contributed by atoms with Crippen LogP contribution in [0.25, 0.3) is 0 Å². The summed E-state index contributed by atoms with van der Waals surface area (Å²) in [6, 6.07) is 18.3. The van der Waals surface area contributed by atoms with Gasteiger partial charge in [-0.2, -0.15) is 0 Å². The fourth-order valence-electron chi connectivity index (χ4n) is 2.62. The lowest BCUT2D eigenvalue weighted by atomic mass is 10.0. The van der Waals surface area contributed by atoms with Gasteiger partial charge in [-0.25, -0.2) is 0 Å². The number of benzene rings is 2. The molecule has 0 aliphatic rings. The summed E-state index contributed by atoms with van der Waals surface area (Å²) >= 11 is 3.48. The first-order valence-corrected chi connectivity index (χ1v) is 8.45. The first-order valence-electron chi connectivity index (χ1n) is 7.65. The lowest BCUT2D eigenvalue weighted by molar-refractivity contribution is 0.443. The topological polar surface area (TPSA) is 12.0 Å². The standard InChI is InChI=1S/C19H24BrN/c1-4-19(17-9-5-14(2)6-10-17)21-15(3)13-16-7-11-18(20)12-8-16/h5-12,15,19,21H,4,13H2,1-3H3. The Morgan fingerprint density at radius 1 is 1.00 bits per heavy atom. The largest absolute Gasteiger partial charge is 0.307 e. The third kappa shape index (κ3) is 4.98. The Bertz CT molecular complexity index is 545. The molecule has 21 heavy (non-hydrogen) atoms. The molecule has 0 aliphatic carbocycles. The van der Waals surface area contributed by atoms with Crippen LogP contribution in [0.4, 0.5) is 0 Å². The molecule has 0 bridgehead atoms. The van der Waals surface area contributed by atoms with Gasteiger partial charge in [-0.3, -0.25) is 0 Å². The first kappa shape index (κ1) is 16.3. The van der Waals surface area contributed by atoms with Gasteiger partial charge in [0.1, 0.15) is 0 Å². The predicted molar refractivity (Wildman–Crippen MR) is 94.7 cm³/mol. The van der Waals surface area contributed by atoms with Gasteiger partial charge in [0.05, 0.1) is 0 Å².